The summed E-state index contributed by atoms with van der Waals surface area (Å²) in [5.74, 6) is 0.736. The second-order valence-corrected chi connectivity index (χ2v) is 2.76. The highest BCUT2D eigenvalue weighted by Gasteiger charge is 1.87. The van der Waals surface area contributed by atoms with Crippen molar-refractivity contribution in [3.8, 4) is 5.88 Å². The third kappa shape index (κ3) is 1.08. The summed E-state index contributed by atoms with van der Waals surface area (Å²) in [5, 5.41) is 1.84. The van der Waals surface area contributed by atoms with Crippen LogP contribution in [-0.2, 0) is 0 Å². The Kier molecular flexibility index (Phi) is 1.65. The fourth-order valence-electron chi connectivity index (χ4n) is 0.366. The molecule has 0 radical (unpaired) electrons. The molecule has 1 heterocycles. The van der Waals surface area contributed by atoms with Gasteiger partial charge in [0.1, 0.15) is 0 Å². The molecule has 1 aromatic heterocycles. The maximum absolute atomic E-state index is 4.82. The summed E-state index contributed by atoms with van der Waals surface area (Å²) in [6, 6.07) is 0. The molecular formula is C4H5NOS2. The molecule has 0 bridgehead atoms. The molecule has 0 saturated heterocycles. The molecule has 0 fully saturated rings. The normalized spacial score (nSPS) is 9.12. The lowest BCUT2D eigenvalue weighted by atomic mass is 10.9. The minimum absolute atomic E-state index is 0.736. The average Bonchev–Trinajstić information content (AvgIpc) is 2.14. The number of aromatic amines is 1. The van der Waals surface area contributed by atoms with Gasteiger partial charge in [0.25, 0.3) is 0 Å². The zero-order valence-corrected chi connectivity index (χ0v) is 5.94. The van der Waals surface area contributed by atoms with Crippen LogP contribution in [0.25, 0.3) is 0 Å². The van der Waals surface area contributed by atoms with Crippen LogP contribution < -0.4 is 4.74 Å². The third-order valence-corrected chi connectivity index (χ3v) is 1.76. The molecule has 1 rings (SSSR count). The predicted molar refractivity (Wildman–Crippen MR) is 36.1 cm³/mol. The van der Waals surface area contributed by atoms with Crippen LogP contribution in [0.15, 0.2) is 5.38 Å². The van der Waals surface area contributed by atoms with Gasteiger partial charge in [0, 0.05) is 0 Å². The first-order chi connectivity index (χ1) is 3.83. The van der Waals surface area contributed by atoms with Crippen LogP contribution in [0.4, 0.5) is 0 Å². The van der Waals surface area contributed by atoms with E-state index in [-0.39, 0.29) is 0 Å². The molecule has 0 aliphatic heterocycles. The molecule has 2 nitrogen and oxygen atoms in total. The van der Waals surface area contributed by atoms with Crippen molar-refractivity contribution < 1.29 is 4.74 Å². The van der Waals surface area contributed by atoms with Gasteiger partial charge in [-0.15, -0.1) is 11.3 Å². The van der Waals surface area contributed by atoms with Crippen LogP contribution in [0.1, 0.15) is 0 Å². The number of aromatic nitrogens is 1. The van der Waals surface area contributed by atoms with Crippen LogP contribution in [0, 0.1) is 3.95 Å². The number of hydrogen-bond acceptors (Lipinski definition) is 3. The Morgan fingerprint density at radius 2 is 2.62 bits per heavy atom. The van der Waals surface area contributed by atoms with Crippen LogP contribution in [-0.4, -0.2) is 12.1 Å². The Hall–Kier alpha value is -0.350. The number of ether oxygens (including phenoxy) is 1. The molecule has 0 aliphatic rings. The quantitative estimate of drug-likeness (QED) is 0.613. The van der Waals surface area contributed by atoms with E-state index in [4.69, 9.17) is 17.0 Å². The van der Waals surface area contributed by atoms with Gasteiger partial charge in [-0.2, -0.15) is 0 Å². The highest BCUT2D eigenvalue weighted by Crippen LogP contribution is 2.10. The van der Waals surface area contributed by atoms with Gasteiger partial charge in [-0.1, -0.05) is 0 Å². The van der Waals surface area contributed by atoms with E-state index >= 15 is 0 Å². The van der Waals surface area contributed by atoms with Gasteiger partial charge < -0.3 is 9.72 Å². The Bertz CT molecular complexity index is 214. The first-order valence-electron chi connectivity index (χ1n) is 2.04. The van der Waals surface area contributed by atoms with E-state index in [1.165, 1.54) is 11.3 Å². The van der Waals surface area contributed by atoms with Gasteiger partial charge in [-0.25, -0.2) is 0 Å². The molecule has 1 N–H and O–H groups in total. The minimum Gasteiger partial charge on any atom is -0.482 e. The van der Waals surface area contributed by atoms with Crippen molar-refractivity contribution in [3.05, 3.63) is 9.33 Å². The molecule has 0 unspecified atom stereocenters. The van der Waals surface area contributed by atoms with E-state index in [0.29, 0.717) is 0 Å². The van der Waals surface area contributed by atoms with Gasteiger partial charge in [-0.3, -0.25) is 0 Å². The number of hydrogen-bond donors (Lipinski definition) is 1. The molecule has 0 aliphatic carbocycles. The summed E-state index contributed by atoms with van der Waals surface area (Å²) in [5.41, 5.74) is 0. The molecule has 0 amide bonds. The molecular weight excluding hydrogens is 142 g/mol. The molecule has 1 aromatic rings. The van der Waals surface area contributed by atoms with Crippen molar-refractivity contribution in [3.63, 3.8) is 0 Å². The SMILES string of the molecule is COc1csc(=S)[nH]1. The van der Waals surface area contributed by atoms with E-state index in [1.807, 2.05) is 5.38 Å². The van der Waals surface area contributed by atoms with Gasteiger partial charge >= 0.3 is 0 Å². The van der Waals surface area contributed by atoms with E-state index in [1.54, 1.807) is 7.11 Å². The molecule has 4 heteroatoms. The van der Waals surface area contributed by atoms with Crippen LogP contribution in [0.5, 0.6) is 5.88 Å². The number of rotatable bonds is 1. The number of H-pyrrole nitrogens is 1. The van der Waals surface area contributed by atoms with Crippen molar-refractivity contribution in [1.82, 2.24) is 4.98 Å². The van der Waals surface area contributed by atoms with E-state index in [9.17, 15) is 0 Å². The second-order valence-electron chi connectivity index (χ2n) is 1.22. The number of nitrogens with one attached hydrogen (secondary N) is 1. The zero-order valence-electron chi connectivity index (χ0n) is 4.30. The predicted octanol–water partition coefficient (Wildman–Crippen LogP) is 1.81. The Balaban J connectivity index is 3.01. The lowest BCUT2D eigenvalue weighted by Gasteiger charge is -1.87. The minimum atomic E-state index is 0.736. The van der Waals surface area contributed by atoms with Crippen molar-refractivity contribution in [2.24, 2.45) is 0 Å². The number of methoxy groups -OCH3 is 1. The lowest BCUT2D eigenvalue weighted by Crippen LogP contribution is -1.79. The lowest BCUT2D eigenvalue weighted by molar-refractivity contribution is 0.400. The highest BCUT2D eigenvalue weighted by molar-refractivity contribution is 7.73. The summed E-state index contributed by atoms with van der Waals surface area (Å²) >= 11 is 6.25. The van der Waals surface area contributed by atoms with Crippen molar-refractivity contribution >= 4 is 23.6 Å². The summed E-state index contributed by atoms with van der Waals surface area (Å²) < 4.78 is 5.57. The van der Waals surface area contributed by atoms with Crippen LogP contribution in [0.3, 0.4) is 0 Å². The van der Waals surface area contributed by atoms with Crippen LogP contribution >= 0.6 is 23.6 Å². The van der Waals surface area contributed by atoms with E-state index < -0.39 is 0 Å². The smallest absolute Gasteiger partial charge is 0.202 e. The third-order valence-electron chi connectivity index (χ3n) is 0.718. The maximum Gasteiger partial charge on any atom is 0.202 e. The van der Waals surface area contributed by atoms with Crippen molar-refractivity contribution in [2.75, 3.05) is 7.11 Å². The number of thiazole rings is 1. The first kappa shape index (κ1) is 5.78. The topological polar surface area (TPSA) is 25.0 Å². The Morgan fingerprint density at radius 3 is 2.88 bits per heavy atom. The maximum atomic E-state index is 4.82. The average molecular weight is 147 g/mol. The molecule has 0 atom stereocenters. The Morgan fingerprint density at radius 1 is 1.88 bits per heavy atom. The van der Waals surface area contributed by atoms with Crippen molar-refractivity contribution in [2.45, 2.75) is 0 Å². The van der Waals surface area contributed by atoms with Crippen molar-refractivity contribution in [1.29, 1.82) is 0 Å². The first-order valence-corrected chi connectivity index (χ1v) is 3.33. The molecule has 8 heavy (non-hydrogen) atoms. The zero-order chi connectivity index (χ0) is 5.98. The molecule has 44 valence electrons. The van der Waals surface area contributed by atoms with Gasteiger partial charge in [-0.05, 0) is 12.2 Å². The van der Waals surface area contributed by atoms with Crippen LogP contribution in [0.2, 0.25) is 0 Å². The molecule has 0 saturated carbocycles. The molecule has 0 spiro atoms. The van der Waals surface area contributed by atoms with E-state index in [0.717, 1.165) is 9.83 Å². The second kappa shape index (κ2) is 2.28. The van der Waals surface area contributed by atoms with E-state index in [2.05, 4.69) is 4.98 Å². The summed E-state index contributed by atoms with van der Waals surface area (Å²) in [7, 11) is 1.60. The fourth-order valence-corrected chi connectivity index (χ4v) is 1.14. The van der Waals surface area contributed by atoms with Gasteiger partial charge in [0.05, 0.1) is 12.5 Å². The standard InChI is InChI=1S/C4H5NOS2/c1-6-3-2-8-4(7)5-3/h2H,1H3,(H,5,7). The van der Waals surface area contributed by atoms with Gasteiger partial charge in [0.15, 0.2) is 3.95 Å². The summed E-state index contributed by atoms with van der Waals surface area (Å²) in [6.45, 7) is 0. The summed E-state index contributed by atoms with van der Waals surface area (Å²) in [6.07, 6.45) is 0. The molecule has 0 aromatic carbocycles. The van der Waals surface area contributed by atoms with Gasteiger partial charge in [0.2, 0.25) is 5.88 Å². The summed E-state index contributed by atoms with van der Waals surface area (Å²) in [4.78, 5) is 2.84. The fraction of sp³-hybridized carbons (Fsp3) is 0.250. The highest BCUT2D eigenvalue weighted by atomic mass is 32.1. The Labute approximate surface area is 56.1 Å². The largest absolute Gasteiger partial charge is 0.482 e. The monoisotopic (exact) mass is 147 g/mol.